The summed E-state index contributed by atoms with van der Waals surface area (Å²) in [6, 6.07) is 14.1. The molecule has 0 aliphatic rings. The van der Waals surface area contributed by atoms with Gasteiger partial charge >= 0.3 is 0 Å². The molecular weight excluding hydrogens is 382 g/mol. The van der Waals surface area contributed by atoms with E-state index in [1.54, 1.807) is 18.2 Å². The van der Waals surface area contributed by atoms with Crippen molar-refractivity contribution in [2.75, 3.05) is 14.2 Å². The molecule has 3 rings (SSSR count). The number of H-pyrrole nitrogens is 1. The third-order valence-electron chi connectivity index (χ3n) is 4.89. The Labute approximate surface area is 175 Å². The van der Waals surface area contributed by atoms with E-state index in [0.717, 1.165) is 16.6 Å². The summed E-state index contributed by atoms with van der Waals surface area (Å²) in [7, 11) is 3.04. The Morgan fingerprint density at radius 2 is 1.67 bits per heavy atom. The van der Waals surface area contributed by atoms with Gasteiger partial charge in [-0.1, -0.05) is 32.0 Å². The van der Waals surface area contributed by atoms with E-state index in [4.69, 9.17) is 9.47 Å². The van der Waals surface area contributed by atoms with Gasteiger partial charge in [0.2, 0.25) is 5.91 Å². The van der Waals surface area contributed by atoms with Crippen molar-refractivity contribution in [3.63, 3.8) is 0 Å². The molecule has 0 aliphatic heterocycles. The summed E-state index contributed by atoms with van der Waals surface area (Å²) in [5, 5.41) is 6.82. The first-order valence-corrected chi connectivity index (χ1v) is 9.79. The fourth-order valence-electron chi connectivity index (χ4n) is 3.22. The van der Waals surface area contributed by atoms with E-state index in [-0.39, 0.29) is 17.7 Å². The molecule has 7 heteroatoms. The topological polar surface area (TPSA) is 92.4 Å². The number of carbonyl (C=O) groups is 2. The zero-order valence-corrected chi connectivity index (χ0v) is 17.6. The third kappa shape index (κ3) is 4.92. The Hall–Kier alpha value is -3.48. The number of para-hydroxylation sites is 1. The fraction of sp³-hybridized carbons (Fsp3) is 0.304. The quantitative estimate of drug-likeness (QED) is 0.532. The van der Waals surface area contributed by atoms with Gasteiger partial charge in [-0.2, -0.15) is 0 Å². The first-order valence-electron chi connectivity index (χ1n) is 9.79. The van der Waals surface area contributed by atoms with Crippen molar-refractivity contribution in [3.05, 3.63) is 59.8 Å². The molecule has 7 nitrogen and oxygen atoms in total. The van der Waals surface area contributed by atoms with Gasteiger partial charge in [-0.3, -0.25) is 9.59 Å². The predicted molar refractivity (Wildman–Crippen MR) is 116 cm³/mol. The van der Waals surface area contributed by atoms with Crippen molar-refractivity contribution < 1.29 is 19.1 Å². The molecule has 0 fully saturated rings. The van der Waals surface area contributed by atoms with Crippen LogP contribution in [0.4, 0.5) is 0 Å². The van der Waals surface area contributed by atoms with Gasteiger partial charge in [-0.15, -0.1) is 0 Å². The molecule has 30 heavy (non-hydrogen) atoms. The lowest BCUT2D eigenvalue weighted by Crippen LogP contribution is -2.49. The molecule has 3 N–H and O–H groups in total. The summed E-state index contributed by atoms with van der Waals surface area (Å²) in [6.07, 6.45) is 0. The number of benzene rings is 2. The van der Waals surface area contributed by atoms with Crippen LogP contribution in [0.15, 0.2) is 48.5 Å². The number of nitrogens with one attached hydrogen (secondary N) is 3. The molecule has 0 bridgehead atoms. The van der Waals surface area contributed by atoms with Gasteiger partial charge in [0.1, 0.15) is 17.5 Å². The number of aromatic nitrogens is 1. The molecule has 1 unspecified atom stereocenters. The number of hydrogen-bond acceptors (Lipinski definition) is 4. The van der Waals surface area contributed by atoms with Gasteiger partial charge in [-0.05, 0) is 35.6 Å². The number of methoxy groups -OCH3 is 2. The highest BCUT2D eigenvalue weighted by molar-refractivity contribution is 5.98. The van der Waals surface area contributed by atoms with Crippen molar-refractivity contribution >= 4 is 22.7 Å². The van der Waals surface area contributed by atoms with Crippen LogP contribution in [0.5, 0.6) is 11.5 Å². The normalized spacial score (nSPS) is 11.9. The minimum absolute atomic E-state index is 0.0934. The van der Waals surface area contributed by atoms with Crippen LogP contribution in [0.25, 0.3) is 10.9 Å². The van der Waals surface area contributed by atoms with Crippen molar-refractivity contribution in [2.24, 2.45) is 5.92 Å². The van der Waals surface area contributed by atoms with E-state index in [2.05, 4.69) is 15.6 Å². The summed E-state index contributed by atoms with van der Waals surface area (Å²) in [4.78, 5) is 28.9. The van der Waals surface area contributed by atoms with E-state index in [1.165, 1.54) is 14.2 Å². The lowest BCUT2D eigenvalue weighted by Gasteiger charge is -2.22. The van der Waals surface area contributed by atoms with Gasteiger partial charge in [0.25, 0.3) is 5.91 Å². The monoisotopic (exact) mass is 409 g/mol. The van der Waals surface area contributed by atoms with Crippen LogP contribution < -0.4 is 20.1 Å². The standard InChI is InChI=1S/C23H27N3O4/c1-14(2)21(26-22(27)16-10-18(29-3)12-19(11-16)30-4)23(28)24-13-17-9-15-7-5-6-8-20(15)25-17/h5-12,14,21,25H,13H2,1-4H3,(H,24,28)(H,26,27). The third-order valence-corrected chi connectivity index (χ3v) is 4.89. The van der Waals surface area contributed by atoms with Crippen LogP contribution in [0.3, 0.4) is 0 Å². The minimum atomic E-state index is -0.681. The average Bonchev–Trinajstić information content (AvgIpc) is 3.18. The molecule has 1 aromatic heterocycles. The van der Waals surface area contributed by atoms with E-state index < -0.39 is 6.04 Å². The summed E-state index contributed by atoms with van der Waals surface area (Å²) >= 11 is 0. The van der Waals surface area contributed by atoms with Gasteiger partial charge in [0.05, 0.1) is 20.8 Å². The highest BCUT2D eigenvalue weighted by Crippen LogP contribution is 2.22. The molecule has 0 spiro atoms. The van der Waals surface area contributed by atoms with Crippen molar-refractivity contribution in [3.8, 4) is 11.5 Å². The molecule has 158 valence electrons. The Morgan fingerprint density at radius 3 is 2.27 bits per heavy atom. The number of carbonyl (C=O) groups excluding carboxylic acids is 2. The van der Waals surface area contributed by atoms with Crippen molar-refractivity contribution in [1.29, 1.82) is 0 Å². The second kappa shape index (κ2) is 9.35. The van der Waals surface area contributed by atoms with E-state index in [9.17, 15) is 9.59 Å². The van der Waals surface area contributed by atoms with Gasteiger partial charge < -0.3 is 25.1 Å². The maximum Gasteiger partial charge on any atom is 0.252 e. The number of fused-ring (bicyclic) bond motifs is 1. The van der Waals surface area contributed by atoms with Crippen molar-refractivity contribution in [2.45, 2.75) is 26.4 Å². The number of amides is 2. The summed E-state index contributed by atoms with van der Waals surface area (Å²) < 4.78 is 10.4. The fourth-order valence-corrected chi connectivity index (χ4v) is 3.22. The Morgan fingerprint density at radius 1 is 1.00 bits per heavy atom. The lowest BCUT2D eigenvalue weighted by molar-refractivity contribution is -0.124. The maximum atomic E-state index is 12.8. The molecule has 0 saturated carbocycles. The minimum Gasteiger partial charge on any atom is -0.497 e. The molecule has 0 aliphatic carbocycles. The first-order chi connectivity index (χ1) is 14.4. The Bertz CT molecular complexity index is 987. The second-order valence-electron chi connectivity index (χ2n) is 7.40. The molecule has 1 heterocycles. The molecular formula is C23H27N3O4. The largest absolute Gasteiger partial charge is 0.497 e. The highest BCUT2D eigenvalue weighted by Gasteiger charge is 2.25. The molecule has 3 aromatic rings. The van der Waals surface area contributed by atoms with Gasteiger partial charge in [-0.25, -0.2) is 0 Å². The Kier molecular flexibility index (Phi) is 6.61. The summed E-state index contributed by atoms with van der Waals surface area (Å²) in [5.41, 5.74) is 2.28. The summed E-state index contributed by atoms with van der Waals surface area (Å²) in [5.74, 6) is 0.301. The lowest BCUT2D eigenvalue weighted by atomic mass is 10.0. The second-order valence-corrected chi connectivity index (χ2v) is 7.40. The van der Waals surface area contributed by atoms with Crippen LogP contribution in [-0.4, -0.2) is 37.1 Å². The zero-order chi connectivity index (χ0) is 21.7. The van der Waals surface area contributed by atoms with Crippen molar-refractivity contribution in [1.82, 2.24) is 15.6 Å². The van der Waals surface area contributed by atoms with E-state index in [0.29, 0.717) is 23.6 Å². The van der Waals surface area contributed by atoms with Gasteiger partial charge in [0, 0.05) is 22.8 Å². The smallest absolute Gasteiger partial charge is 0.252 e. The van der Waals surface area contributed by atoms with Crippen LogP contribution in [0.1, 0.15) is 29.9 Å². The van der Waals surface area contributed by atoms with Crippen LogP contribution >= 0.6 is 0 Å². The highest BCUT2D eigenvalue weighted by atomic mass is 16.5. The van der Waals surface area contributed by atoms with E-state index >= 15 is 0 Å². The first kappa shape index (κ1) is 21.2. The van der Waals surface area contributed by atoms with Crippen LogP contribution in [0.2, 0.25) is 0 Å². The van der Waals surface area contributed by atoms with Crippen LogP contribution in [-0.2, 0) is 11.3 Å². The SMILES string of the molecule is COc1cc(OC)cc(C(=O)NC(C(=O)NCc2cc3ccccc3[nH]2)C(C)C)c1. The number of hydrogen-bond donors (Lipinski definition) is 3. The zero-order valence-electron chi connectivity index (χ0n) is 17.6. The predicted octanol–water partition coefficient (Wildman–Crippen LogP) is 3.26. The maximum absolute atomic E-state index is 12.8. The summed E-state index contributed by atoms with van der Waals surface area (Å²) in [6.45, 7) is 4.12. The molecule has 0 radical (unpaired) electrons. The number of aromatic amines is 1. The molecule has 0 saturated heterocycles. The Balaban J connectivity index is 1.68. The van der Waals surface area contributed by atoms with E-state index in [1.807, 2.05) is 44.2 Å². The molecule has 2 amide bonds. The number of rotatable bonds is 8. The van der Waals surface area contributed by atoms with Crippen LogP contribution in [0, 0.1) is 5.92 Å². The average molecular weight is 409 g/mol. The molecule has 2 aromatic carbocycles. The van der Waals surface area contributed by atoms with Gasteiger partial charge in [0.15, 0.2) is 0 Å². The number of ether oxygens (including phenoxy) is 2. The molecule has 1 atom stereocenters.